The molecule has 5 heteroatoms. The molecule has 1 fully saturated rings. The number of halogens is 4. The first-order chi connectivity index (χ1) is 9.86. The summed E-state index contributed by atoms with van der Waals surface area (Å²) in [6.45, 7) is 2.35. The van der Waals surface area contributed by atoms with E-state index in [1.165, 1.54) is 12.5 Å². The van der Waals surface area contributed by atoms with E-state index in [9.17, 15) is 17.6 Å². The van der Waals surface area contributed by atoms with Crippen LogP contribution in [0.3, 0.4) is 0 Å². The third-order valence-corrected chi connectivity index (χ3v) is 4.22. The van der Waals surface area contributed by atoms with Gasteiger partial charge in [-0.1, -0.05) is 25.8 Å². The average Bonchev–Trinajstić information content (AvgIpc) is 2.61. The quantitative estimate of drug-likeness (QED) is 0.618. The zero-order valence-corrected chi connectivity index (χ0v) is 12.1. The minimum atomic E-state index is -4.52. The highest BCUT2D eigenvalue weighted by atomic mass is 19.4. The number of hydrogen-bond donors (Lipinski definition) is 1. The van der Waals surface area contributed by atoms with Gasteiger partial charge in [0.1, 0.15) is 5.82 Å². The predicted octanol–water partition coefficient (Wildman–Crippen LogP) is 4.90. The van der Waals surface area contributed by atoms with Crippen molar-refractivity contribution in [1.29, 1.82) is 0 Å². The van der Waals surface area contributed by atoms with Crippen molar-refractivity contribution in [1.82, 2.24) is 5.32 Å². The van der Waals surface area contributed by atoms with Crippen molar-refractivity contribution >= 4 is 0 Å². The fourth-order valence-corrected chi connectivity index (χ4v) is 2.91. The molecule has 1 nitrogen and oxygen atoms in total. The van der Waals surface area contributed by atoms with E-state index < -0.39 is 17.6 Å². The zero-order valence-electron chi connectivity index (χ0n) is 12.1. The second-order valence-electron chi connectivity index (χ2n) is 5.99. The van der Waals surface area contributed by atoms with Crippen molar-refractivity contribution in [2.75, 3.05) is 0 Å². The summed E-state index contributed by atoms with van der Waals surface area (Å²) in [4.78, 5) is 0. The fourth-order valence-electron chi connectivity index (χ4n) is 2.91. The molecule has 0 amide bonds. The van der Waals surface area contributed by atoms with Crippen molar-refractivity contribution in [2.45, 2.75) is 57.8 Å². The smallest absolute Gasteiger partial charge is 0.310 e. The Morgan fingerprint density at radius 3 is 2.62 bits per heavy atom. The largest absolute Gasteiger partial charge is 0.416 e. The maximum absolute atomic E-state index is 13.0. The van der Waals surface area contributed by atoms with Crippen LogP contribution in [0.1, 0.15) is 50.2 Å². The first-order valence-electron chi connectivity index (χ1n) is 7.45. The van der Waals surface area contributed by atoms with E-state index in [0.717, 1.165) is 31.7 Å². The van der Waals surface area contributed by atoms with Crippen molar-refractivity contribution in [3.63, 3.8) is 0 Å². The summed E-state index contributed by atoms with van der Waals surface area (Å²) >= 11 is 0. The van der Waals surface area contributed by atoms with Crippen LogP contribution in [-0.4, -0.2) is 6.04 Å². The number of alkyl halides is 3. The van der Waals surface area contributed by atoms with Gasteiger partial charge in [0.2, 0.25) is 0 Å². The third kappa shape index (κ3) is 4.70. The summed E-state index contributed by atoms with van der Waals surface area (Å²) in [6.07, 6.45) is 0.859. The van der Waals surface area contributed by atoms with Gasteiger partial charge in [0.05, 0.1) is 5.56 Å². The van der Waals surface area contributed by atoms with Crippen LogP contribution < -0.4 is 5.32 Å². The molecule has 1 N–H and O–H groups in total. The maximum atomic E-state index is 13.0. The summed E-state index contributed by atoms with van der Waals surface area (Å²) in [5.74, 6) is -0.164. The molecule has 2 atom stereocenters. The molecule has 0 radical (unpaired) electrons. The van der Waals surface area contributed by atoms with Crippen LogP contribution in [0.5, 0.6) is 0 Å². The third-order valence-electron chi connectivity index (χ3n) is 4.22. The standard InChI is InChI=1S/C16H21F4N/c1-11-3-2-4-14(8-5-11)21-10-12-6-7-13(17)9-15(12)16(18,19)20/h6-7,9,11,14,21H,2-5,8,10H2,1H3. The lowest BCUT2D eigenvalue weighted by molar-refractivity contribution is -0.138. The van der Waals surface area contributed by atoms with Crippen LogP contribution in [0.2, 0.25) is 0 Å². The Bertz CT molecular complexity index is 470. The lowest BCUT2D eigenvalue weighted by atomic mass is 10.0. The minimum Gasteiger partial charge on any atom is -0.310 e. The SMILES string of the molecule is CC1CCCC(NCc2ccc(F)cc2C(F)(F)F)CC1. The number of hydrogen-bond acceptors (Lipinski definition) is 1. The topological polar surface area (TPSA) is 12.0 Å². The van der Waals surface area contributed by atoms with Gasteiger partial charge >= 0.3 is 6.18 Å². The van der Waals surface area contributed by atoms with E-state index >= 15 is 0 Å². The Morgan fingerprint density at radius 2 is 1.90 bits per heavy atom. The molecule has 118 valence electrons. The molecule has 2 unspecified atom stereocenters. The van der Waals surface area contributed by atoms with Crippen molar-refractivity contribution in [2.24, 2.45) is 5.92 Å². The van der Waals surface area contributed by atoms with Crippen LogP contribution >= 0.6 is 0 Å². The second-order valence-corrected chi connectivity index (χ2v) is 5.99. The summed E-state index contributed by atoms with van der Waals surface area (Å²) in [6, 6.07) is 3.14. The van der Waals surface area contributed by atoms with Crippen molar-refractivity contribution in [3.8, 4) is 0 Å². The van der Waals surface area contributed by atoms with Gasteiger partial charge in [-0.3, -0.25) is 0 Å². The van der Waals surface area contributed by atoms with Gasteiger partial charge < -0.3 is 5.32 Å². The Hall–Kier alpha value is -1.10. The average molecular weight is 303 g/mol. The Morgan fingerprint density at radius 1 is 1.14 bits per heavy atom. The van der Waals surface area contributed by atoms with Crippen LogP contribution in [0.25, 0.3) is 0 Å². The van der Waals surface area contributed by atoms with Crippen LogP contribution in [0.4, 0.5) is 17.6 Å². The molecule has 0 bridgehead atoms. The highest BCUT2D eigenvalue weighted by molar-refractivity contribution is 5.30. The van der Waals surface area contributed by atoms with E-state index in [2.05, 4.69) is 12.2 Å². The second kappa shape index (κ2) is 6.77. The highest BCUT2D eigenvalue weighted by Gasteiger charge is 2.33. The van der Waals surface area contributed by atoms with E-state index in [4.69, 9.17) is 0 Å². The molecule has 21 heavy (non-hydrogen) atoms. The van der Waals surface area contributed by atoms with Gasteiger partial charge in [-0.25, -0.2) is 4.39 Å². The monoisotopic (exact) mass is 303 g/mol. The van der Waals surface area contributed by atoms with Gasteiger partial charge in [-0.2, -0.15) is 13.2 Å². The molecule has 1 aliphatic carbocycles. The van der Waals surface area contributed by atoms with E-state index in [1.807, 2.05) is 0 Å². The van der Waals surface area contributed by atoms with Crippen LogP contribution in [0, 0.1) is 11.7 Å². The van der Waals surface area contributed by atoms with Crippen molar-refractivity contribution in [3.05, 3.63) is 35.1 Å². The molecule has 0 heterocycles. The summed E-state index contributed by atoms with van der Waals surface area (Å²) < 4.78 is 51.8. The summed E-state index contributed by atoms with van der Waals surface area (Å²) in [7, 11) is 0. The van der Waals surface area contributed by atoms with Gasteiger partial charge in [-0.15, -0.1) is 0 Å². The normalized spacial score (nSPS) is 23.9. The van der Waals surface area contributed by atoms with Crippen LogP contribution in [-0.2, 0) is 12.7 Å². The molecule has 0 aromatic heterocycles. The lowest BCUT2D eigenvalue weighted by Gasteiger charge is -2.19. The Balaban J connectivity index is 2.03. The molecule has 1 aromatic rings. The fraction of sp³-hybridized carbons (Fsp3) is 0.625. The van der Waals surface area contributed by atoms with Crippen molar-refractivity contribution < 1.29 is 17.6 Å². The minimum absolute atomic E-state index is 0.112. The summed E-state index contributed by atoms with van der Waals surface area (Å²) in [5, 5.41) is 3.21. The van der Waals surface area contributed by atoms with E-state index in [1.54, 1.807) is 0 Å². The van der Waals surface area contributed by atoms with Crippen LogP contribution in [0.15, 0.2) is 18.2 Å². The lowest BCUT2D eigenvalue weighted by Crippen LogP contribution is -2.29. The number of nitrogens with one attached hydrogen (secondary N) is 1. The predicted molar refractivity (Wildman–Crippen MR) is 74.3 cm³/mol. The van der Waals surface area contributed by atoms with Gasteiger partial charge in [0.15, 0.2) is 0 Å². The van der Waals surface area contributed by atoms with E-state index in [-0.39, 0.29) is 18.2 Å². The maximum Gasteiger partial charge on any atom is 0.416 e. The number of rotatable bonds is 3. The van der Waals surface area contributed by atoms with E-state index in [0.29, 0.717) is 12.0 Å². The zero-order chi connectivity index (χ0) is 15.5. The van der Waals surface area contributed by atoms with Gasteiger partial charge in [0.25, 0.3) is 0 Å². The molecule has 0 saturated heterocycles. The Kier molecular flexibility index (Phi) is 5.25. The highest BCUT2D eigenvalue weighted by Crippen LogP contribution is 2.32. The van der Waals surface area contributed by atoms with Gasteiger partial charge in [-0.05, 0) is 42.9 Å². The van der Waals surface area contributed by atoms with Gasteiger partial charge in [0, 0.05) is 12.6 Å². The number of benzene rings is 1. The summed E-state index contributed by atoms with van der Waals surface area (Å²) in [5.41, 5.74) is -0.766. The molecule has 0 aliphatic heterocycles. The first-order valence-corrected chi connectivity index (χ1v) is 7.45. The first kappa shape index (κ1) is 16.3. The Labute approximate surface area is 122 Å². The molecule has 1 saturated carbocycles. The molecular formula is C16H21F4N. The molecule has 1 aliphatic rings. The molecule has 2 rings (SSSR count). The molecular weight excluding hydrogens is 282 g/mol. The molecule has 0 spiro atoms. The molecule has 1 aromatic carbocycles.